The molecule has 0 bridgehead atoms. The molecule has 0 fully saturated rings. The SMILES string of the molecule is COCCOCCCNCc1ccnc(OC)c1. The molecule has 5 nitrogen and oxygen atoms in total. The molecule has 1 rings (SSSR count). The third-order valence-electron chi connectivity index (χ3n) is 2.41. The van der Waals surface area contributed by atoms with Crippen LogP contribution in [0.5, 0.6) is 5.88 Å². The maximum Gasteiger partial charge on any atom is 0.213 e. The van der Waals surface area contributed by atoms with Gasteiger partial charge in [0, 0.05) is 32.5 Å². The summed E-state index contributed by atoms with van der Waals surface area (Å²) in [5, 5.41) is 3.35. The largest absolute Gasteiger partial charge is 0.481 e. The van der Waals surface area contributed by atoms with Gasteiger partial charge in [-0.15, -0.1) is 0 Å². The lowest BCUT2D eigenvalue weighted by molar-refractivity contribution is 0.0695. The van der Waals surface area contributed by atoms with E-state index in [1.165, 1.54) is 5.56 Å². The number of pyridine rings is 1. The molecule has 0 aromatic carbocycles. The van der Waals surface area contributed by atoms with Crippen LogP contribution in [0.1, 0.15) is 12.0 Å². The second-order valence-electron chi connectivity index (χ2n) is 3.84. The average Bonchev–Trinajstić information content (AvgIpc) is 2.42. The van der Waals surface area contributed by atoms with Crippen molar-refractivity contribution in [2.24, 2.45) is 0 Å². The van der Waals surface area contributed by atoms with Crippen molar-refractivity contribution in [3.05, 3.63) is 23.9 Å². The highest BCUT2D eigenvalue weighted by atomic mass is 16.5. The first kappa shape index (κ1) is 14.9. The highest BCUT2D eigenvalue weighted by Gasteiger charge is 1.96. The molecule has 102 valence electrons. The van der Waals surface area contributed by atoms with E-state index >= 15 is 0 Å². The predicted molar refractivity (Wildman–Crippen MR) is 69.8 cm³/mol. The van der Waals surface area contributed by atoms with Gasteiger partial charge >= 0.3 is 0 Å². The Bertz CT molecular complexity index is 321. The first-order valence-electron chi connectivity index (χ1n) is 6.13. The summed E-state index contributed by atoms with van der Waals surface area (Å²) in [4.78, 5) is 4.06. The van der Waals surface area contributed by atoms with Crippen molar-refractivity contribution in [1.82, 2.24) is 10.3 Å². The Kier molecular flexibility index (Phi) is 8.12. The Morgan fingerprint density at radius 3 is 2.89 bits per heavy atom. The summed E-state index contributed by atoms with van der Waals surface area (Å²) in [6, 6.07) is 3.91. The maximum absolute atomic E-state index is 5.37. The van der Waals surface area contributed by atoms with Gasteiger partial charge in [0.25, 0.3) is 0 Å². The van der Waals surface area contributed by atoms with Crippen molar-refractivity contribution in [3.63, 3.8) is 0 Å². The van der Waals surface area contributed by atoms with E-state index in [1.54, 1.807) is 20.4 Å². The van der Waals surface area contributed by atoms with Crippen molar-refractivity contribution in [1.29, 1.82) is 0 Å². The normalized spacial score (nSPS) is 10.6. The summed E-state index contributed by atoms with van der Waals surface area (Å²) < 4.78 is 15.3. The number of aromatic nitrogens is 1. The molecule has 0 spiro atoms. The van der Waals surface area contributed by atoms with E-state index in [-0.39, 0.29) is 0 Å². The zero-order chi connectivity index (χ0) is 13.1. The van der Waals surface area contributed by atoms with E-state index in [0.29, 0.717) is 19.1 Å². The monoisotopic (exact) mass is 254 g/mol. The molecule has 0 aliphatic rings. The van der Waals surface area contributed by atoms with Crippen LogP contribution in [0.4, 0.5) is 0 Å². The zero-order valence-corrected chi connectivity index (χ0v) is 11.1. The fourth-order valence-corrected chi connectivity index (χ4v) is 1.45. The van der Waals surface area contributed by atoms with Gasteiger partial charge in [-0.3, -0.25) is 0 Å². The fraction of sp³-hybridized carbons (Fsp3) is 0.615. The molecule has 0 unspecified atom stereocenters. The van der Waals surface area contributed by atoms with Crippen LogP contribution >= 0.6 is 0 Å². The van der Waals surface area contributed by atoms with Crippen LogP contribution in [-0.2, 0) is 16.0 Å². The minimum absolute atomic E-state index is 0.650. The number of nitrogens with one attached hydrogen (secondary N) is 1. The highest BCUT2D eigenvalue weighted by Crippen LogP contribution is 2.07. The highest BCUT2D eigenvalue weighted by molar-refractivity contribution is 5.20. The summed E-state index contributed by atoms with van der Waals surface area (Å²) >= 11 is 0. The van der Waals surface area contributed by atoms with Gasteiger partial charge in [0.1, 0.15) is 0 Å². The maximum atomic E-state index is 5.37. The third kappa shape index (κ3) is 6.54. The van der Waals surface area contributed by atoms with Crippen molar-refractivity contribution in [3.8, 4) is 5.88 Å². The third-order valence-corrected chi connectivity index (χ3v) is 2.41. The number of nitrogens with zero attached hydrogens (tertiary/aromatic N) is 1. The van der Waals surface area contributed by atoms with Crippen LogP contribution in [0.15, 0.2) is 18.3 Å². The smallest absolute Gasteiger partial charge is 0.213 e. The van der Waals surface area contributed by atoms with Crippen molar-refractivity contribution in [2.45, 2.75) is 13.0 Å². The van der Waals surface area contributed by atoms with Gasteiger partial charge in [-0.25, -0.2) is 4.98 Å². The Balaban J connectivity index is 2.03. The van der Waals surface area contributed by atoms with Crippen LogP contribution in [0.3, 0.4) is 0 Å². The molecule has 0 aliphatic heterocycles. The molecular weight excluding hydrogens is 232 g/mol. The lowest BCUT2D eigenvalue weighted by Crippen LogP contribution is -2.17. The van der Waals surface area contributed by atoms with Crippen LogP contribution in [0.25, 0.3) is 0 Å². The lowest BCUT2D eigenvalue weighted by Gasteiger charge is -2.06. The molecule has 1 N–H and O–H groups in total. The summed E-state index contributed by atoms with van der Waals surface area (Å²) in [5.74, 6) is 0.650. The van der Waals surface area contributed by atoms with Crippen LogP contribution in [0.2, 0.25) is 0 Å². The molecule has 0 amide bonds. The first-order valence-corrected chi connectivity index (χ1v) is 6.13. The topological polar surface area (TPSA) is 52.6 Å². The Labute approximate surface area is 108 Å². The van der Waals surface area contributed by atoms with E-state index < -0.39 is 0 Å². The van der Waals surface area contributed by atoms with E-state index in [9.17, 15) is 0 Å². The predicted octanol–water partition coefficient (Wildman–Crippen LogP) is 1.23. The number of hydrogen-bond donors (Lipinski definition) is 1. The minimum Gasteiger partial charge on any atom is -0.481 e. The van der Waals surface area contributed by atoms with Gasteiger partial charge in [0.15, 0.2) is 0 Å². The number of methoxy groups -OCH3 is 2. The van der Waals surface area contributed by atoms with Crippen molar-refractivity contribution >= 4 is 0 Å². The van der Waals surface area contributed by atoms with Gasteiger partial charge in [0.2, 0.25) is 5.88 Å². The quantitative estimate of drug-likeness (QED) is 0.637. The van der Waals surface area contributed by atoms with Crippen molar-refractivity contribution in [2.75, 3.05) is 40.6 Å². The van der Waals surface area contributed by atoms with E-state index in [1.807, 2.05) is 12.1 Å². The van der Waals surface area contributed by atoms with Gasteiger partial charge in [-0.05, 0) is 24.6 Å². The van der Waals surface area contributed by atoms with Crippen LogP contribution in [0, 0.1) is 0 Å². The molecule has 1 aromatic heterocycles. The van der Waals surface area contributed by atoms with Gasteiger partial charge < -0.3 is 19.5 Å². The first-order chi connectivity index (χ1) is 8.86. The molecule has 0 atom stereocenters. The Hall–Kier alpha value is -1.17. The summed E-state index contributed by atoms with van der Waals surface area (Å²) in [6.45, 7) is 3.83. The number of rotatable bonds is 10. The Morgan fingerprint density at radius 2 is 2.11 bits per heavy atom. The molecule has 0 aliphatic carbocycles. The van der Waals surface area contributed by atoms with Gasteiger partial charge in [-0.1, -0.05) is 0 Å². The second kappa shape index (κ2) is 9.82. The second-order valence-corrected chi connectivity index (χ2v) is 3.84. The van der Waals surface area contributed by atoms with Crippen molar-refractivity contribution < 1.29 is 14.2 Å². The van der Waals surface area contributed by atoms with Crippen LogP contribution < -0.4 is 10.1 Å². The summed E-state index contributed by atoms with van der Waals surface area (Å²) in [7, 11) is 3.30. The van der Waals surface area contributed by atoms with E-state index in [4.69, 9.17) is 14.2 Å². The standard InChI is InChI=1S/C13H22N2O3/c1-16-8-9-18-7-3-5-14-11-12-4-6-15-13(10-12)17-2/h4,6,10,14H,3,5,7-9,11H2,1-2H3. The average molecular weight is 254 g/mol. The van der Waals surface area contributed by atoms with E-state index in [0.717, 1.165) is 26.1 Å². The molecule has 0 saturated carbocycles. The lowest BCUT2D eigenvalue weighted by atomic mass is 10.2. The molecule has 5 heteroatoms. The number of hydrogen-bond acceptors (Lipinski definition) is 5. The zero-order valence-electron chi connectivity index (χ0n) is 11.1. The van der Waals surface area contributed by atoms with Gasteiger partial charge in [-0.2, -0.15) is 0 Å². The molecule has 0 saturated heterocycles. The molecular formula is C13H22N2O3. The molecule has 0 radical (unpaired) electrons. The van der Waals surface area contributed by atoms with E-state index in [2.05, 4.69) is 10.3 Å². The van der Waals surface area contributed by atoms with Gasteiger partial charge in [0.05, 0.1) is 20.3 Å². The number of ether oxygens (including phenoxy) is 3. The molecule has 1 aromatic rings. The minimum atomic E-state index is 0.650. The summed E-state index contributed by atoms with van der Waals surface area (Å²) in [6.07, 6.45) is 2.75. The molecule has 18 heavy (non-hydrogen) atoms. The molecule has 1 heterocycles. The Morgan fingerprint density at radius 1 is 1.22 bits per heavy atom. The fourth-order valence-electron chi connectivity index (χ4n) is 1.45. The van der Waals surface area contributed by atoms with Crippen LogP contribution in [-0.4, -0.2) is 45.6 Å². The summed E-state index contributed by atoms with van der Waals surface area (Å²) in [5.41, 5.74) is 1.17.